The number of nitrogens with zero attached hydrogens (tertiary/aromatic N) is 5. The standard InChI is InChI=1S/C27H26FN5O5S/c1-3-31-25(36)21-23(35)22(34)19(24-30-29-20(39-24)11-15-5-7-18(28)8-6-15)14-32(21)33-13-17-12-16(26(37)38-4-2)9-10-27(17,31)33/h5-8,13-14,16,35H,3-4,9-12H2,1-2H3. The molecule has 3 aliphatic rings. The summed E-state index contributed by atoms with van der Waals surface area (Å²) in [6.07, 6.45) is 5.30. The number of pyridine rings is 1. The Morgan fingerprint density at radius 1 is 1.23 bits per heavy atom. The van der Waals surface area contributed by atoms with Crippen molar-refractivity contribution in [1.29, 1.82) is 0 Å². The number of aromatic hydroxyl groups is 1. The highest BCUT2D eigenvalue weighted by molar-refractivity contribution is 7.14. The molecule has 1 aliphatic carbocycles. The molecule has 1 amide bonds. The van der Waals surface area contributed by atoms with Gasteiger partial charge < -0.3 is 14.7 Å². The van der Waals surface area contributed by atoms with Crippen LogP contribution in [0.2, 0.25) is 0 Å². The maximum absolute atomic E-state index is 13.7. The number of carbonyl (C=O) groups is 2. The summed E-state index contributed by atoms with van der Waals surface area (Å²) in [6.45, 7) is 4.29. The van der Waals surface area contributed by atoms with Crippen LogP contribution in [0.15, 0.2) is 47.0 Å². The van der Waals surface area contributed by atoms with Crippen molar-refractivity contribution in [2.75, 3.05) is 18.2 Å². The predicted molar refractivity (Wildman–Crippen MR) is 140 cm³/mol. The molecular weight excluding hydrogens is 525 g/mol. The van der Waals surface area contributed by atoms with Crippen molar-refractivity contribution in [3.05, 3.63) is 74.5 Å². The minimum Gasteiger partial charge on any atom is -0.502 e. The van der Waals surface area contributed by atoms with E-state index in [0.29, 0.717) is 48.9 Å². The summed E-state index contributed by atoms with van der Waals surface area (Å²) >= 11 is 1.19. The Bertz CT molecular complexity index is 1580. The summed E-state index contributed by atoms with van der Waals surface area (Å²) in [4.78, 5) is 41.0. The average Bonchev–Trinajstić information content (AvgIpc) is 3.37. The van der Waals surface area contributed by atoms with Gasteiger partial charge in [0.1, 0.15) is 10.8 Å². The maximum atomic E-state index is 13.7. The van der Waals surface area contributed by atoms with Gasteiger partial charge >= 0.3 is 5.97 Å². The zero-order valence-electron chi connectivity index (χ0n) is 21.4. The third-order valence-corrected chi connectivity index (χ3v) is 8.63. The minimum absolute atomic E-state index is 0.116. The number of benzene rings is 1. The van der Waals surface area contributed by atoms with Crippen molar-refractivity contribution in [3.8, 4) is 16.3 Å². The molecule has 12 heteroatoms. The Labute approximate surface area is 226 Å². The van der Waals surface area contributed by atoms with Gasteiger partial charge in [0.05, 0.1) is 18.1 Å². The van der Waals surface area contributed by atoms with Crippen LogP contribution in [0.5, 0.6) is 5.75 Å². The Kier molecular flexibility index (Phi) is 6.01. The van der Waals surface area contributed by atoms with Crippen LogP contribution in [0, 0.1) is 11.7 Å². The number of ether oxygens (including phenoxy) is 1. The lowest BCUT2D eigenvalue weighted by atomic mass is 9.72. The number of fused-ring (bicyclic) bond motifs is 2. The third-order valence-electron chi connectivity index (χ3n) is 7.67. The van der Waals surface area contributed by atoms with Crippen molar-refractivity contribution >= 4 is 23.2 Å². The summed E-state index contributed by atoms with van der Waals surface area (Å²) in [5.41, 5.74) is 0.291. The molecule has 10 nitrogen and oxygen atoms in total. The van der Waals surface area contributed by atoms with Gasteiger partial charge in [0.25, 0.3) is 5.91 Å². The van der Waals surface area contributed by atoms with E-state index >= 15 is 0 Å². The SMILES string of the molecule is CCOC(=O)C1CCC23C(=CN2n2cc(-c4nnc(Cc5ccc(F)cc5)s4)c(=O)c(O)c2C(=O)N3CC)C1. The maximum Gasteiger partial charge on any atom is 0.309 e. The second-order valence-electron chi connectivity index (χ2n) is 9.77. The van der Waals surface area contributed by atoms with Crippen LogP contribution < -0.4 is 10.4 Å². The van der Waals surface area contributed by atoms with Gasteiger partial charge in [0.15, 0.2) is 22.1 Å². The summed E-state index contributed by atoms with van der Waals surface area (Å²) in [7, 11) is 0. The summed E-state index contributed by atoms with van der Waals surface area (Å²) < 4.78 is 20.0. The molecule has 2 unspecified atom stereocenters. The first-order valence-electron chi connectivity index (χ1n) is 12.8. The smallest absolute Gasteiger partial charge is 0.309 e. The largest absolute Gasteiger partial charge is 0.502 e. The van der Waals surface area contributed by atoms with E-state index in [1.807, 2.05) is 18.1 Å². The molecule has 4 heterocycles. The van der Waals surface area contributed by atoms with Crippen LogP contribution in [-0.2, 0) is 16.0 Å². The lowest BCUT2D eigenvalue weighted by molar-refractivity contribution is -0.149. The molecule has 2 aliphatic heterocycles. The van der Waals surface area contributed by atoms with Gasteiger partial charge in [0, 0.05) is 25.4 Å². The Morgan fingerprint density at radius 3 is 2.69 bits per heavy atom. The van der Waals surface area contributed by atoms with E-state index in [9.17, 15) is 23.9 Å². The Hall–Kier alpha value is -4.06. The van der Waals surface area contributed by atoms with Gasteiger partial charge in [-0.2, -0.15) is 0 Å². The van der Waals surface area contributed by atoms with E-state index in [4.69, 9.17) is 4.74 Å². The first-order chi connectivity index (χ1) is 18.8. The molecule has 6 rings (SSSR count). The van der Waals surface area contributed by atoms with Crippen LogP contribution in [0.25, 0.3) is 10.6 Å². The van der Waals surface area contributed by atoms with Gasteiger partial charge in [-0.05, 0) is 56.4 Å². The molecule has 3 aromatic rings. The molecule has 2 atom stereocenters. The highest BCUT2D eigenvalue weighted by atomic mass is 32.1. The van der Waals surface area contributed by atoms with E-state index in [-0.39, 0.29) is 29.0 Å². The molecule has 1 spiro atoms. The minimum atomic E-state index is -0.782. The van der Waals surface area contributed by atoms with Crippen molar-refractivity contribution in [3.63, 3.8) is 0 Å². The monoisotopic (exact) mass is 551 g/mol. The van der Waals surface area contributed by atoms with Gasteiger partial charge in [-0.1, -0.05) is 23.5 Å². The van der Waals surface area contributed by atoms with Crippen LogP contribution in [0.4, 0.5) is 4.39 Å². The molecule has 0 radical (unpaired) electrons. The summed E-state index contributed by atoms with van der Waals surface area (Å²) in [5, 5.41) is 22.1. The number of halogens is 1. The number of rotatable bonds is 6. The highest BCUT2D eigenvalue weighted by Gasteiger charge is 2.60. The molecule has 39 heavy (non-hydrogen) atoms. The molecule has 0 bridgehead atoms. The van der Waals surface area contributed by atoms with Gasteiger partial charge in [-0.3, -0.25) is 19.4 Å². The Balaban J connectivity index is 1.38. The topological polar surface area (TPSA) is 118 Å². The lowest BCUT2D eigenvalue weighted by Crippen LogP contribution is -2.75. The zero-order valence-corrected chi connectivity index (χ0v) is 22.2. The second-order valence-corrected chi connectivity index (χ2v) is 10.8. The van der Waals surface area contributed by atoms with Crippen LogP contribution in [0.1, 0.15) is 54.2 Å². The van der Waals surface area contributed by atoms with E-state index in [0.717, 1.165) is 11.1 Å². The number of carbonyl (C=O) groups excluding carboxylic acids is 2. The van der Waals surface area contributed by atoms with Crippen molar-refractivity contribution in [1.82, 2.24) is 19.8 Å². The highest BCUT2D eigenvalue weighted by Crippen LogP contribution is 2.51. The first-order valence-corrected chi connectivity index (χ1v) is 13.6. The first kappa shape index (κ1) is 25.2. The van der Waals surface area contributed by atoms with Gasteiger partial charge in [-0.15, -0.1) is 10.2 Å². The summed E-state index contributed by atoms with van der Waals surface area (Å²) in [6, 6.07) is 6.05. The van der Waals surface area contributed by atoms with Gasteiger partial charge in [0.2, 0.25) is 5.43 Å². The van der Waals surface area contributed by atoms with Crippen LogP contribution in [0.3, 0.4) is 0 Å². The molecule has 1 aromatic carbocycles. The van der Waals surface area contributed by atoms with E-state index in [1.54, 1.807) is 24.0 Å². The molecular formula is C27H26FN5O5S. The van der Waals surface area contributed by atoms with E-state index in [1.165, 1.54) is 34.3 Å². The fraction of sp³-hybridized carbons (Fsp3) is 0.370. The predicted octanol–water partition coefficient (Wildman–Crippen LogP) is 3.17. The molecule has 1 N–H and O–H groups in total. The van der Waals surface area contributed by atoms with E-state index in [2.05, 4.69) is 10.2 Å². The van der Waals surface area contributed by atoms with Crippen molar-refractivity contribution < 1.29 is 23.8 Å². The van der Waals surface area contributed by atoms with E-state index < -0.39 is 22.7 Å². The number of amides is 1. The van der Waals surface area contributed by atoms with Crippen molar-refractivity contribution in [2.24, 2.45) is 5.92 Å². The number of hydrogen-bond donors (Lipinski definition) is 1. The summed E-state index contributed by atoms with van der Waals surface area (Å²) in [5.74, 6) is -1.96. The van der Waals surface area contributed by atoms with Crippen LogP contribution >= 0.6 is 11.3 Å². The number of esters is 1. The molecule has 0 saturated heterocycles. The number of likely N-dealkylation sites (N-methyl/N-ethyl adjacent to an activating group) is 1. The average molecular weight is 552 g/mol. The van der Waals surface area contributed by atoms with Crippen LogP contribution in [-0.4, -0.2) is 55.6 Å². The fourth-order valence-corrected chi connectivity index (χ4v) is 6.71. The number of aromatic nitrogens is 3. The zero-order chi connectivity index (χ0) is 27.5. The molecule has 1 saturated carbocycles. The fourth-order valence-electron chi connectivity index (χ4n) is 5.83. The molecule has 202 valence electrons. The number of hydrogen-bond acceptors (Lipinski definition) is 9. The normalized spacial score (nSPS) is 21.5. The third kappa shape index (κ3) is 3.76. The Morgan fingerprint density at radius 2 is 2.00 bits per heavy atom. The van der Waals surface area contributed by atoms with Crippen molar-refractivity contribution in [2.45, 2.75) is 45.2 Å². The molecule has 2 aromatic heterocycles. The van der Waals surface area contributed by atoms with Gasteiger partial charge in [-0.25, -0.2) is 9.07 Å². The molecule has 1 fully saturated rings. The second kappa shape index (κ2) is 9.30. The lowest BCUT2D eigenvalue weighted by Gasteiger charge is -2.62. The quantitative estimate of drug-likeness (QED) is 0.465.